The van der Waals surface area contributed by atoms with Crippen LogP contribution in [0.15, 0.2) is 24.3 Å². The van der Waals surface area contributed by atoms with Gasteiger partial charge in [-0.2, -0.15) is 9.90 Å². The number of carbonyl (C=O) groups is 2. The number of primary amides is 1. The second kappa shape index (κ2) is 7.20. The maximum absolute atomic E-state index is 12.7. The lowest BCUT2D eigenvalue weighted by Crippen LogP contribution is -2.50. The van der Waals surface area contributed by atoms with Gasteiger partial charge in [0.25, 0.3) is 5.91 Å². The highest BCUT2D eigenvalue weighted by Gasteiger charge is 2.26. The van der Waals surface area contributed by atoms with Crippen LogP contribution in [0.3, 0.4) is 0 Å². The van der Waals surface area contributed by atoms with Crippen molar-refractivity contribution in [1.29, 1.82) is 0 Å². The number of halogens is 1. The van der Waals surface area contributed by atoms with E-state index in [0.717, 1.165) is 0 Å². The predicted octanol–water partition coefficient (Wildman–Crippen LogP) is 0.472. The Kier molecular flexibility index (Phi) is 5.00. The first-order valence-corrected chi connectivity index (χ1v) is 8.31. The van der Waals surface area contributed by atoms with Crippen LogP contribution in [0.2, 0.25) is 5.02 Å². The van der Waals surface area contributed by atoms with Crippen LogP contribution in [0.4, 0.5) is 0 Å². The smallest absolute Gasteiger partial charge is 0.276 e. The Labute approximate surface area is 150 Å². The van der Waals surface area contributed by atoms with E-state index in [4.69, 9.17) is 17.3 Å². The third kappa shape index (κ3) is 3.97. The minimum Gasteiger partial charge on any atom is -0.369 e. The van der Waals surface area contributed by atoms with Gasteiger partial charge in [-0.25, -0.2) is 0 Å². The lowest BCUT2D eigenvalue weighted by molar-refractivity contribution is -0.119. The molecular weight excluding hydrogens is 344 g/mol. The number of benzene rings is 1. The molecule has 1 saturated heterocycles. The van der Waals surface area contributed by atoms with Gasteiger partial charge in [-0.05, 0) is 25.1 Å². The van der Waals surface area contributed by atoms with Gasteiger partial charge in [0.2, 0.25) is 5.91 Å². The molecule has 2 amide bonds. The third-order valence-corrected chi connectivity index (χ3v) is 4.30. The number of nitrogens with zero attached hydrogens (tertiary/aromatic N) is 5. The van der Waals surface area contributed by atoms with Crippen LogP contribution >= 0.6 is 11.6 Å². The van der Waals surface area contributed by atoms with Gasteiger partial charge < -0.3 is 10.6 Å². The number of carbonyl (C=O) groups excluding carboxylic acids is 2. The van der Waals surface area contributed by atoms with Crippen LogP contribution in [0, 0.1) is 6.92 Å². The second-order valence-electron chi connectivity index (χ2n) is 5.94. The number of hydrogen-bond donors (Lipinski definition) is 1. The summed E-state index contributed by atoms with van der Waals surface area (Å²) in [4.78, 5) is 28.8. The van der Waals surface area contributed by atoms with E-state index in [0.29, 0.717) is 48.3 Å². The summed E-state index contributed by atoms with van der Waals surface area (Å²) in [5.74, 6) is -0.524. The highest BCUT2D eigenvalue weighted by atomic mass is 35.5. The lowest BCUT2D eigenvalue weighted by Gasteiger charge is -2.33. The number of hydrogen-bond acceptors (Lipinski definition) is 5. The van der Waals surface area contributed by atoms with Crippen molar-refractivity contribution < 1.29 is 9.59 Å². The Balaban J connectivity index is 1.72. The maximum atomic E-state index is 12.7. The maximum Gasteiger partial charge on any atom is 0.276 e. The number of piperazine rings is 1. The zero-order valence-corrected chi connectivity index (χ0v) is 14.6. The average Bonchev–Trinajstić information content (AvgIpc) is 2.96. The summed E-state index contributed by atoms with van der Waals surface area (Å²) in [7, 11) is 0. The summed E-state index contributed by atoms with van der Waals surface area (Å²) >= 11 is 5.99. The van der Waals surface area contributed by atoms with E-state index in [1.54, 1.807) is 30.0 Å². The van der Waals surface area contributed by atoms with Crippen LogP contribution in [-0.2, 0) is 4.79 Å². The summed E-state index contributed by atoms with van der Waals surface area (Å²) in [6.45, 7) is 4.23. The van der Waals surface area contributed by atoms with Crippen LogP contribution in [0.1, 0.15) is 16.2 Å². The van der Waals surface area contributed by atoms with Crippen molar-refractivity contribution in [3.8, 4) is 5.69 Å². The van der Waals surface area contributed by atoms with Gasteiger partial charge in [0, 0.05) is 31.2 Å². The number of nitrogens with two attached hydrogens (primary N) is 1. The van der Waals surface area contributed by atoms with Crippen molar-refractivity contribution in [2.24, 2.45) is 5.73 Å². The van der Waals surface area contributed by atoms with Gasteiger partial charge in [-0.15, -0.1) is 5.10 Å². The molecule has 1 aromatic heterocycles. The molecule has 132 valence electrons. The second-order valence-corrected chi connectivity index (χ2v) is 6.37. The standard InChI is InChI=1S/C16H19ClN6O2/c1-11-15(20-23(19-11)13-4-2-3-12(17)9-13)16(25)22-7-5-21(6-8-22)10-14(18)24/h2-4,9H,5-8,10H2,1H3,(H2,18,24). The fourth-order valence-corrected chi connectivity index (χ4v) is 2.96. The summed E-state index contributed by atoms with van der Waals surface area (Å²) in [6.07, 6.45) is 0. The first kappa shape index (κ1) is 17.4. The normalized spacial score (nSPS) is 15.4. The average molecular weight is 363 g/mol. The number of rotatable bonds is 4. The zero-order valence-electron chi connectivity index (χ0n) is 13.9. The van der Waals surface area contributed by atoms with Crippen LogP contribution in [-0.4, -0.2) is 69.3 Å². The topological polar surface area (TPSA) is 97.3 Å². The van der Waals surface area contributed by atoms with E-state index in [1.807, 2.05) is 11.0 Å². The predicted molar refractivity (Wildman–Crippen MR) is 92.6 cm³/mol. The minimum atomic E-state index is -0.361. The van der Waals surface area contributed by atoms with Gasteiger partial charge in [-0.3, -0.25) is 14.5 Å². The van der Waals surface area contributed by atoms with Crippen molar-refractivity contribution in [3.63, 3.8) is 0 Å². The molecule has 0 unspecified atom stereocenters. The fraction of sp³-hybridized carbons (Fsp3) is 0.375. The van der Waals surface area contributed by atoms with Crippen molar-refractivity contribution in [3.05, 3.63) is 40.7 Å². The largest absolute Gasteiger partial charge is 0.369 e. The van der Waals surface area contributed by atoms with Crippen molar-refractivity contribution >= 4 is 23.4 Å². The minimum absolute atomic E-state index is 0.162. The van der Waals surface area contributed by atoms with Crippen LogP contribution < -0.4 is 5.73 Å². The van der Waals surface area contributed by atoms with Crippen LogP contribution in [0.5, 0.6) is 0 Å². The van der Waals surface area contributed by atoms with E-state index < -0.39 is 0 Å². The van der Waals surface area contributed by atoms with Crippen LogP contribution in [0.25, 0.3) is 5.69 Å². The summed E-state index contributed by atoms with van der Waals surface area (Å²) in [6, 6.07) is 7.12. The van der Waals surface area contributed by atoms with E-state index >= 15 is 0 Å². The molecule has 25 heavy (non-hydrogen) atoms. The summed E-state index contributed by atoms with van der Waals surface area (Å²) in [5.41, 5.74) is 6.78. The molecule has 0 bridgehead atoms. The van der Waals surface area contributed by atoms with Crippen molar-refractivity contribution in [2.75, 3.05) is 32.7 Å². The summed E-state index contributed by atoms with van der Waals surface area (Å²) in [5, 5.41) is 9.23. The molecule has 1 aliphatic heterocycles. The van der Waals surface area contributed by atoms with E-state index in [-0.39, 0.29) is 18.4 Å². The molecule has 2 aromatic rings. The molecule has 0 spiro atoms. The first-order chi connectivity index (χ1) is 11.9. The highest BCUT2D eigenvalue weighted by molar-refractivity contribution is 6.30. The Hall–Kier alpha value is -2.45. The van der Waals surface area contributed by atoms with Gasteiger partial charge in [-0.1, -0.05) is 17.7 Å². The zero-order chi connectivity index (χ0) is 18.0. The molecule has 2 N–H and O–H groups in total. The van der Waals surface area contributed by atoms with E-state index in [9.17, 15) is 9.59 Å². The molecule has 3 rings (SSSR count). The molecule has 1 aliphatic rings. The first-order valence-electron chi connectivity index (χ1n) is 7.94. The monoisotopic (exact) mass is 362 g/mol. The Morgan fingerprint density at radius 3 is 2.56 bits per heavy atom. The molecule has 9 heteroatoms. The molecule has 1 fully saturated rings. The van der Waals surface area contributed by atoms with Gasteiger partial charge in [0.15, 0.2) is 5.69 Å². The molecule has 8 nitrogen and oxygen atoms in total. The Bertz CT molecular complexity index is 798. The van der Waals surface area contributed by atoms with Gasteiger partial charge in [0.05, 0.1) is 17.9 Å². The van der Waals surface area contributed by atoms with Gasteiger partial charge >= 0.3 is 0 Å². The van der Waals surface area contributed by atoms with Gasteiger partial charge in [0.1, 0.15) is 0 Å². The molecule has 0 saturated carbocycles. The van der Waals surface area contributed by atoms with E-state index in [1.165, 1.54) is 4.80 Å². The molecular formula is C16H19ClN6O2. The third-order valence-electron chi connectivity index (χ3n) is 4.06. The Morgan fingerprint density at radius 1 is 1.20 bits per heavy atom. The van der Waals surface area contributed by atoms with Crippen molar-refractivity contribution in [1.82, 2.24) is 24.8 Å². The van der Waals surface area contributed by atoms with E-state index in [2.05, 4.69) is 10.2 Å². The lowest BCUT2D eigenvalue weighted by atomic mass is 10.2. The Morgan fingerprint density at radius 2 is 1.92 bits per heavy atom. The molecule has 0 radical (unpaired) electrons. The number of aryl methyl sites for hydroxylation is 1. The SMILES string of the molecule is Cc1nn(-c2cccc(Cl)c2)nc1C(=O)N1CCN(CC(N)=O)CC1. The molecule has 0 aliphatic carbocycles. The quantitative estimate of drug-likeness (QED) is 0.852. The molecule has 2 heterocycles. The van der Waals surface area contributed by atoms with Crippen molar-refractivity contribution in [2.45, 2.75) is 6.92 Å². The molecule has 1 aromatic carbocycles. The number of amides is 2. The number of aromatic nitrogens is 3. The summed E-state index contributed by atoms with van der Waals surface area (Å²) < 4.78 is 0. The fourth-order valence-electron chi connectivity index (χ4n) is 2.77. The highest BCUT2D eigenvalue weighted by Crippen LogP contribution is 2.15. The molecule has 0 atom stereocenters.